The van der Waals surface area contributed by atoms with E-state index in [4.69, 9.17) is 5.26 Å². The summed E-state index contributed by atoms with van der Waals surface area (Å²) in [5.41, 5.74) is 2.09. The van der Waals surface area contributed by atoms with Gasteiger partial charge in [-0.15, -0.1) is 23.5 Å². The van der Waals surface area contributed by atoms with Crippen LogP contribution in [0.3, 0.4) is 0 Å². The standard InChI is InChI=1S/C15H12N4OS2/c1-8-10(4-9(6-16)15(18-8)22-3)12-5-13(21-2)11(7-17)14(20)19-12/h4-5H,1-3H3,(H,19,20). The van der Waals surface area contributed by atoms with Crippen molar-refractivity contribution >= 4 is 23.5 Å². The molecule has 2 rings (SSSR count). The van der Waals surface area contributed by atoms with E-state index in [-0.39, 0.29) is 5.56 Å². The van der Waals surface area contributed by atoms with Gasteiger partial charge in [0.05, 0.1) is 11.3 Å². The van der Waals surface area contributed by atoms with Crippen LogP contribution in [0.25, 0.3) is 11.3 Å². The van der Waals surface area contributed by atoms with Crippen molar-refractivity contribution in [3.05, 3.63) is 39.3 Å². The lowest BCUT2D eigenvalue weighted by molar-refractivity contribution is 1.04. The smallest absolute Gasteiger partial charge is 0.267 e. The van der Waals surface area contributed by atoms with Crippen molar-refractivity contribution in [2.75, 3.05) is 12.5 Å². The maximum absolute atomic E-state index is 12.0. The summed E-state index contributed by atoms with van der Waals surface area (Å²) in [6, 6.07) is 7.49. The maximum atomic E-state index is 12.0. The van der Waals surface area contributed by atoms with Crippen molar-refractivity contribution in [2.24, 2.45) is 0 Å². The number of aromatic amines is 1. The number of hydrogen-bond donors (Lipinski definition) is 1. The van der Waals surface area contributed by atoms with Gasteiger partial charge in [-0.05, 0) is 31.6 Å². The first-order chi connectivity index (χ1) is 10.5. The fourth-order valence-electron chi connectivity index (χ4n) is 2.04. The van der Waals surface area contributed by atoms with Gasteiger partial charge < -0.3 is 4.98 Å². The Labute approximate surface area is 136 Å². The summed E-state index contributed by atoms with van der Waals surface area (Å²) in [6.45, 7) is 1.82. The molecule has 0 saturated heterocycles. The number of thioether (sulfide) groups is 2. The van der Waals surface area contributed by atoms with Crippen LogP contribution in [-0.2, 0) is 0 Å². The quantitative estimate of drug-likeness (QED) is 0.871. The first-order valence-electron chi connectivity index (χ1n) is 6.23. The van der Waals surface area contributed by atoms with E-state index in [9.17, 15) is 10.1 Å². The Balaban J connectivity index is 2.73. The Morgan fingerprint density at radius 2 is 1.91 bits per heavy atom. The lowest BCUT2D eigenvalue weighted by atomic mass is 10.1. The molecule has 110 valence electrons. The van der Waals surface area contributed by atoms with Crippen molar-refractivity contribution in [1.29, 1.82) is 10.5 Å². The van der Waals surface area contributed by atoms with Gasteiger partial charge in [-0.3, -0.25) is 4.79 Å². The molecule has 0 bridgehead atoms. The first kappa shape index (κ1) is 16.2. The van der Waals surface area contributed by atoms with Crippen molar-refractivity contribution in [2.45, 2.75) is 16.8 Å². The van der Waals surface area contributed by atoms with Crippen LogP contribution in [0.1, 0.15) is 16.8 Å². The summed E-state index contributed by atoms with van der Waals surface area (Å²) in [7, 11) is 0. The van der Waals surface area contributed by atoms with E-state index in [2.05, 4.69) is 16.0 Å². The van der Waals surface area contributed by atoms with Gasteiger partial charge >= 0.3 is 0 Å². The molecule has 0 unspecified atom stereocenters. The number of nitriles is 2. The summed E-state index contributed by atoms with van der Waals surface area (Å²) < 4.78 is 0. The predicted molar refractivity (Wildman–Crippen MR) is 88.0 cm³/mol. The predicted octanol–water partition coefficient (Wildman–Crippen LogP) is 2.93. The number of hydrogen-bond acceptors (Lipinski definition) is 6. The van der Waals surface area contributed by atoms with Gasteiger partial charge in [0.25, 0.3) is 5.56 Å². The minimum atomic E-state index is -0.434. The molecule has 5 nitrogen and oxygen atoms in total. The average Bonchev–Trinajstić information content (AvgIpc) is 2.53. The molecule has 0 saturated carbocycles. The summed E-state index contributed by atoms with van der Waals surface area (Å²) in [5, 5.41) is 18.9. The molecule has 0 spiro atoms. The summed E-state index contributed by atoms with van der Waals surface area (Å²) >= 11 is 2.74. The molecule has 7 heteroatoms. The summed E-state index contributed by atoms with van der Waals surface area (Å²) in [4.78, 5) is 19.7. The number of aromatic nitrogens is 2. The first-order valence-corrected chi connectivity index (χ1v) is 8.68. The van der Waals surface area contributed by atoms with Crippen LogP contribution in [0.2, 0.25) is 0 Å². The molecular weight excluding hydrogens is 316 g/mol. The third kappa shape index (κ3) is 2.87. The van der Waals surface area contributed by atoms with E-state index < -0.39 is 5.56 Å². The van der Waals surface area contributed by atoms with Gasteiger partial charge in [0.15, 0.2) is 0 Å². The highest BCUT2D eigenvalue weighted by Crippen LogP contribution is 2.28. The zero-order valence-corrected chi connectivity index (χ0v) is 13.9. The van der Waals surface area contributed by atoms with E-state index in [1.54, 1.807) is 12.1 Å². The van der Waals surface area contributed by atoms with E-state index in [1.165, 1.54) is 23.5 Å². The number of rotatable bonds is 3. The number of nitrogens with one attached hydrogen (secondary N) is 1. The summed E-state index contributed by atoms with van der Waals surface area (Å²) in [5.74, 6) is 0. The van der Waals surface area contributed by atoms with Crippen LogP contribution in [0, 0.1) is 29.6 Å². The van der Waals surface area contributed by atoms with Gasteiger partial charge in [-0.25, -0.2) is 4.98 Å². The second-order valence-electron chi connectivity index (χ2n) is 4.36. The van der Waals surface area contributed by atoms with Gasteiger partial charge in [0.2, 0.25) is 0 Å². The van der Waals surface area contributed by atoms with E-state index >= 15 is 0 Å². The molecule has 0 fully saturated rings. The van der Waals surface area contributed by atoms with Crippen LogP contribution < -0.4 is 5.56 Å². The number of H-pyrrole nitrogens is 1. The second-order valence-corrected chi connectivity index (χ2v) is 6.00. The van der Waals surface area contributed by atoms with Crippen LogP contribution in [-0.4, -0.2) is 22.5 Å². The SMILES string of the molecule is CSc1cc(-c2cc(C#N)c(SC)nc2C)[nH]c(=O)c1C#N. The van der Waals surface area contributed by atoms with Crippen LogP contribution in [0.5, 0.6) is 0 Å². The molecule has 0 atom stereocenters. The molecule has 0 amide bonds. The van der Waals surface area contributed by atoms with Crippen LogP contribution >= 0.6 is 23.5 Å². The van der Waals surface area contributed by atoms with Crippen LogP contribution in [0.15, 0.2) is 26.8 Å². The number of nitrogens with zero attached hydrogens (tertiary/aromatic N) is 3. The summed E-state index contributed by atoms with van der Waals surface area (Å²) in [6.07, 6.45) is 3.67. The molecule has 0 aliphatic carbocycles. The van der Waals surface area contributed by atoms with Crippen molar-refractivity contribution in [1.82, 2.24) is 9.97 Å². The topological polar surface area (TPSA) is 93.3 Å². The molecule has 0 radical (unpaired) electrons. The Morgan fingerprint density at radius 3 is 2.45 bits per heavy atom. The second kappa shape index (κ2) is 6.69. The highest BCUT2D eigenvalue weighted by atomic mass is 32.2. The monoisotopic (exact) mass is 328 g/mol. The minimum Gasteiger partial charge on any atom is -0.321 e. The highest BCUT2D eigenvalue weighted by molar-refractivity contribution is 7.98. The van der Waals surface area contributed by atoms with Gasteiger partial charge in [0.1, 0.15) is 22.7 Å². The lowest BCUT2D eigenvalue weighted by Crippen LogP contribution is -2.12. The molecule has 2 heterocycles. The minimum absolute atomic E-state index is 0.100. The molecular formula is C15H12N4OS2. The number of aryl methyl sites for hydroxylation is 1. The Morgan fingerprint density at radius 1 is 1.18 bits per heavy atom. The average molecular weight is 328 g/mol. The maximum Gasteiger partial charge on any atom is 0.267 e. The Kier molecular flexibility index (Phi) is 4.92. The highest BCUT2D eigenvalue weighted by Gasteiger charge is 2.14. The molecule has 2 aromatic rings. The third-order valence-corrected chi connectivity index (χ3v) is 4.57. The fraction of sp³-hybridized carbons (Fsp3) is 0.200. The van der Waals surface area contributed by atoms with Gasteiger partial charge in [0, 0.05) is 16.2 Å². The Hall–Kier alpha value is -2.22. The van der Waals surface area contributed by atoms with Crippen molar-refractivity contribution < 1.29 is 0 Å². The number of pyridine rings is 2. The zero-order chi connectivity index (χ0) is 16.3. The normalized spacial score (nSPS) is 10.0. The van der Waals surface area contributed by atoms with Gasteiger partial charge in [-0.1, -0.05) is 0 Å². The van der Waals surface area contributed by atoms with Crippen molar-refractivity contribution in [3.8, 4) is 23.4 Å². The van der Waals surface area contributed by atoms with Gasteiger partial charge in [-0.2, -0.15) is 10.5 Å². The van der Waals surface area contributed by atoms with E-state index in [1.807, 2.05) is 25.5 Å². The van der Waals surface area contributed by atoms with Crippen LogP contribution in [0.4, 0.5) is 0 Å². The molecule has 22 heavy (non-hydrogen) atoms. The Bertz CT molecular complexity index is 875. The molecule has 0 aliphatic rings. The fourth-order valence-corrected chi connectivity index (χ4v) is 3.17. The van der Waals surface area contributed by atoms with Crippen molar-refractivity contribution in [3.63, 3.8) is 0 Å². The third-order valence-electron chi connectivity index (χ3n) is 3.11. The lowest BCUT2D eigenvalue weighted by Gasteiger charge is -2.10. The molecule has 2 aromatic heterocycles. The molecule has 0 aliphatic heterocycles. The largest absolute Gasteiger partial charge is 0.321 e. The van der Waals surface area contributed by atoms with E-state index in [0.29, 0.717) is 26.7 Å². The molecule has 1 N–H and O–H groups in total. The zero-order valence-electron chi connectivity index (χ0n) is 12.2. The van der Waals surface area contributed by atoms with E-state index in [0.717, 1.165) is 5.69 Å². The molecule has 0 aromatic carbocycles.